The molecule has 0 N–H and O–H groups in total. The fourth-order valence-corrected chi connectivity index (χ4v) is 10.0. The second kappa shape index (κ2) is 11.9. The molecular formula is C40H42ClNO6. The summed E-state index contributed by atoms with van der Waals surface area (Å²) in [6.07, 6.45) is 8.22. The lowest BCUT2D eigenvalue weighted by molar-refractivity contribution is -0.148. The standard InChI is InChI=1S/C40H42ClNO6/c1-22-28(29-18-26(47-5)10-13-35(29)42(22)38(46)24-6-8-25(41)9-7-24)21-37(45)48-27-14-16-40(4)33-15-17-39(3)31(23(2)43)11-12-32(39)30(33)20-36(44)34(40)19-27/h6-11,13,18-19,27,30,32-33H,12,14-17,20-21H2,1-5H3/t27-,30-,32-,33-,39+,40+/m0/s1. The van der Waals surface area contributed by atoms with Crippen LogP contribution in [0.5, 0.6) is 5.75 Å². The summed E-state index contributed by atoms with van der Waals surface area (Å²) in [4.78, 5) is 53.6. The van der Waals surface area contributed by atoms with Crippen LogP contribution in [-0.4, -0.2) is 41.2 Å². The predicted octanol–water partition coefficient (Wildman–Crippen LogP) is 8.02. The van der Waals surface area contributed by atoms with Crippen molar-refractivity contribution in [3.05, 3.63) is 87.6 Å². The van der Waals surface area contributed by atoms with E-state index in [1.165, 1.54) is 0 Å². The van der Waals surface area contributed by atoms with Crippen LogP contribution < -0.4 is 4.74 Å². The van der Waals surface area contributed by atoms with Crippen molar-refractivity contribution >= 4 is 45.9 Å². The minimum Gasteiger partial charge on any atom is -0.497 e. The number of fused-ring (bicyclic) bond motifs is 6. The molecule has 4 aliphatic rings. The van der Waals surface area contributed by atoms with Gasteiger partial charge in [-0.2, -0.15) is 0 Å². The number of benzene rings is 2. The molecule has 4 aliphatic carbocycles. The lowest BCUT2D eigenvalue weighted by atomic mass is 9.46. The van der Waals surface area contributed by atoms with E-state index >= 15 is 0 Å². The fraction of sp³-hybridized carbons (Fsp3) is 0.450. The van der Waals surface area contributed by atoms with Crippen LogP contribution in [-0.2, 0) is 25.5 Å². The Bertz CT molecular complexity index is 1930. The molecule has 2 fully saturated rings. The maximum absolute atomic E-state index is 13.8. The second-order valence-electron chi connectivity index (χ2n) is 14.7. The molecule has 250 valence electrons. The SMILES string of the molecule is COc1ccc2c(c1)c(CC(=O)O[C@@H]1C=C3C(=O)C[C@@H]4[C@H](CC[C@]5(C)C(C(C)=O)=CC[C@@H]45)[C@@]3(C)CC1)c(C)n2C(=O)c1ccc(Cl)cc1. The molecule has 0 bridgehead atoms. The van der Waals surface area contributed by atoms with E-state index in [1.807, 2.05) is 25.1 Å². The van der Waals surface area contributed by atoms with Gasteiger partial charge in [0, 0.05) is 33.7 Å². The number of halogens is 1. The number of ketones is 2. The minimum atomic E-state index is -0.494. The molecule has 0 saturated heterocycles. The van der Waals surface area contributed by atoms with Gasteiger partial charge in [-0.15, -0.1) is 0 Å². The van der Waals surface area contributed by atoms with Gasteiger partial charge < -0.3 is 9.47 Å². The van der Waals surface area contributed by atoms with Gasteiger partial charge >= 0.3 is 5.97 Å². The first-order chi connectivity index (χ1) is 22.9. The predicted molar refractivity (Wildman–Crippen MR) is 184 cm³/mol. The summed E-state index contributed by atoms with van der Waals surface area (Å²) >= 11 is 6.07. The third kappa shape index (κ3) is 5.08. The molecule has 8 heteroatoms. The first-order valence-electron chi connectivity index (χ1n) is 17.0. The maximum atomic E-state index is 13.8. The zero-order valence-corrected chi connectivity index (χ0v) is 29.0. The number of nitrogens with zero attached hydrogens (tertiary/aromatic N) is 1. The zero-order valence-electron chi connectivity index (χ0n) is 28.2. The Morgan fingerprint density at radius 2 is 1.73 bits per heavy atom. The van der Waals surface area contributed by atoms with Crippen LogP contribution in [0.15, 0.2) is 65.8 Å². The van der Waals surface area contributed by atoms with Crippen LogP contribution in [0.2, 0.25) is 5.02 Å². The Kier molecular flexibility index (Phi) is 8.05. The molecule has 6 atom stereocenters. The van der Waals surface area contributed by atoms with E-state index in [1.54, 1.807) is 48.9 Å². The Hall–Kier alpha value is -3.97. The van der Waals surface area contributed by atoms with Crippen molar-refractivity contribution < 1.29 is 28.7 Å². The summed E-state index contributed by atoms with van der Waals surface area (Å²) < 4.78 is 13.2. The van der Waals surface area contributed by atoms with Crippen molar-refractivity contribution in [2.24, 2.45) is 28.6 Å². The van der Waals surface area contributed by atoms with Crippen LogP contribution >= 0.6 is 11.6 Å². The quantitative estimate of drug-likeness (QED) is 0.247. The van der Waals surface area contributed by atoms with Gasteiger partial charge in [0.25, 0.3) is 5.91 Å². The molecule has 0 amide bonds. The minimum absolute atomic E-state index is 0.0300. The molecule has 0 radical (unpaired) electrons. The average Bonchev–Trinajstić information content (AvgIpc) is 3.55. The Morgan fingerprint density at radius 1 is 1.00 bits per heavy atom. The van der Waals surface area contributed by atoms with E-state index in [-0.39, 0.29) is 40.6 Å². The molecule has 7 rings (SSSR count). The average molecular weight is 668 g/mol. The smallest absolute Gasteiger partial charge is 0.310 e. The highest BCUT2D eigenvalue weighted by Crippen LogP contribution is 2.65. The summed E-state index contributed by atoms with van der Waals surface area (Å²) in [5.74, 6) is 1.20. The van der Waals surface area contributed by atoms with Crippen LogP contribution in [0.25, 0.3) is 10.9 Å². The molecule has 2 aromatic carbocycles. The second-order valence-corrected chi connectivity index (χ2v) is 15.1. The highest BCUT2D eigenvalue weighted by molar-refractivity contribution is 6.30. The van der Waals surface area contributed by atoms with Crippen LogP contribution in [0, 0.1) is 35.5 Å². The third-order valence-corrected chi connectivity index (χ3v) is 12.5. The van der Waals surface area contributed by atoms with Crippen molar-refractivity contribution in [1.82, 2.24) is 4.57 Å². The van der Waals surface area contributed by atoms with Gasteiger partial charge in [-0.05, 0) is 134 Å². The van der Waals surface area contributed by atoms with Crippen molar-refractivity contribution in [3.63, 3.8) is 0 Å². The lowest BCUT2D eigenvalue weighted by Gasteiger charge is -2.57. The van der Waals surface area contributed by atoms with Crippen molar-refractivity contribution in [3.8, 4) is 5.75 Å². The lowest BCUT2D eigenvalue weighted by Crippen LogP contribution is -2.53. The normalized spacial score (nSPS) is 29.3. The number of rotatable bonds is 6. The number of aromatic nitrogens is 1. The molecule has 0 spiro atoms. The van der Waals surface area contributed by atoms with Gasteiger partial charge in [-0.25, -0.2) is 0 Å². The summed E-state index contributed by atoms with van der Waals surface area (Å²) in [6.45, 7) is 7.96. The Labute approximate surface area is 286 Å². The number of carbonyl (C=O) groups is 4. The number of Topliss-reactive ketones (excluding diaryl/α,β-unsaturated/α-hetero) is 2. The molecule has 48 heavy (non-hydrogen) atoms. The van der Waals surface area contributed by atoms with E-state index in [9.17, 15) is 19.2 Å². The highest BCUT2D eigenvalue weighted by atomic mass is 35.5. The molecule has 0 aliphatic heterocycles. The third-order valence-electron chi connectivity index (χ3n) is 12.3. The first-order valence-corrected chi connectivity index (χ1v) is 17.4. The molecule has 1 heterocycles. The summed E-state index contributed by atoms with van der Waals surface area (Å²) in [5, 5.41) is 1.28. The van der Waals surface area contributed by atoms with Crippen LogP contribution in [0.3, 0.4) is 0 Å². The van der Waals surface area contributed by atoms with E-state index < -0.39 is 12.1 Å². The molecule has 7 nitrogen and oxygen atoms in total. The van der Waals surface area contributed by atoms with Gasteiger partial charge in [0.05, 0.1) is 19.0 Å². The number of allylic oxidation sites excluding steroid dienone is 3. The number of methoxy groups -OCH3 is 1. The Morgan fingerprint density at radius 3 is 2.44 bits per heavy atom. The zero-order chi connectivity index (χ0) is 34.1. The van der Waals surface area contributed by atoms with Crippen molar-refractivity contribution in [1.29, 1.82) is 0 Å². The van der Waals surface area contributed by atoms with Crippen molar-refractivity contribution in [2.75, 3.05) is 7.11 Å². The number of hydrogen-bond acceptors (Lipinski definition) is 6. The largest absolute Gasteiger partial charge is 0.497 e. The highest BCUT2D eigenvalue weighted by Gasteiger charge is 2.59. The van der Waals surface area contributed by atoms with E-state index in [4.69, 9.17) is 21.1 Å². The number of ether oxygens (including phenoxy) is 2. The summed E-state index contributed by atoms with van der Waals surface area (Å²) in [5.41, 5.74) is 3.83. The Balaban J connectivity index is 1.13. The number of carbonyl (C=O) groups excluding carboxylic acids is 4. The van der Waals surface area contributed by atoms with E-state index in [0.717, 1.165) is 42.2 Å². The van der Waals surface area contributed by atoms with Gasteiger partial charge in [-0.3, -0.25) is 23.7 Å². The summed E-state index contributed by atoms with van der Waals surface area (Å²) in [6, 6.07) is 12.2. The van der Waals surface area contributed by atoms with Gasteiger partial charge in [0.15, 0.2) is 11.6 Å². The van der Waals surface area contributed by atoms with Crippen LogP contribution in [0.4, 0.5) is 0 Å². The van der Waals surface area contributed by atoms with Crippen molar-refractivity contribution in [2.45, 2.75) is 78.7 Å². The molecule has 3 aromatic rings. The van der Waals surface area contributed by atoms with Crippen LogP contribution in [0.1, 0.15) is 80.9 Å². The molecule has 0 unspecified atom stereocenters. The van der Waals surface area contributed by atoms with Gasteiger partial charge in [-0.1, -0.05) is 31.5 Å². The summed E-state index contributed by atoms with van der Waals surface area (Å²) in [7, 11) is 1.58. The molecule has 2 saturated carbocycles. The number of esters is 1. The monoisotopic (exact) mass is 667 g/mol. The van der Waals surface area contributed by atoms with E-state index in [0.29, 0.717) is 57.8 Å². The van der Waals surface area contributed by atoms with Gasteiger partial charge in [0.1, 0.15) is 11.9 Å². The van der Waals surface area contributed by atoms with E-state index in [2.05, 4.69) is 19.9 Å². The maximum Gasteiger partial charge on any atom is 0.310 e. The molecule has 1 aromatic heterocycles. The van der Waals surface area contributed by atoms with Gasteiger partial charge in [0.2, 0.25) is 0 Å². The first kappa shape index (κ1) is 32.6. The fourth-order valence-electron chi connectivity index (χ4n) is 9.88. The topological polar surface area (TPSA) is 91.7 Å². The molecular weight excluding hydrogens is 626 g/mol. The number of hydrogen-bond donors (Lipinski definition) is 0.